The van der Waals surface area contributed by atoms with E-state index in [4.69, 9.17) is 14.4 Å². The SMILES string of the molecule is N#Cc1c[nH]c(C(=O)Nc2ccc3sc4c(-c5cccc6c(=O)cc(N7CCOCC7)oc56)cccc4c3c2)c1. The minimum Gasteiger partial charge on any atom is -0.440 e. The van der Waals surface area contributed by atoms with E-state index in [-0.39, 0.29) is 11.3 Å². The van der Waals surface area contributed by atoms with Gasteiger partial charge >= 0.3 is 0 Å². The van der Waals surface area contributed by atoms with E-state index in [2.05, 4.69) is 22.4 Å². The van der Waals surface area contributed by atoms with Gasteiger partial charge in [0, 0.05) is 62.3 Å². The maximum absolute atomic E-state index is 13.1. The number of anilines is 2. The number of aromatic amines is 1. The number of ether oxygens (including phenoxy) is 1. The van der Waals surface area contributed by atoms with Crippen molar-refractivity contribution in [1.82, 2.24) is 4.98 Å². The molecule has 0 atom stereocenters. The molecule has 0 unspecified atom stereocenters. The number of morpholine rings is 1. The summed E-state index contributed by atoms with van der Waals surface area (Å²) in [5, 5.41) is 14.6. The average molecular weight is 547 g/mol. The first-order valence-electron chi connectivity index (χ1n) is 12.8. The molecule has 6 aromatic rings. The minimum atomic E-state index is -0.317. The highest BCUT2D eigenvalue weighted by Crippen LogP contribution is 2.42. The molecule has 3 aromatic heterocycles. The van der Waals surface area contributed by atoms with Crippen LogP contribution in [0.4, 0.5) is 11.6 Å². The first-order chi connectivity index (χ1) is 19.6. The van der Waals surface area contributed by atoms with E-state index in [0.29, 0.717) is 60.1 Å². The summed E-state index contributed by atoms with van der Waals surface area (Å²) in [4.78, 5) is 30.7. The summed E-state index contributed by atoms with van der Waals surface area (Å²) in [6, 6.07) is 22.7. The third kappa shape index (κ3) is 4.11. The topological polar surface area (TPSA) is 111 Å². The second-order valence-corrected chi connectivity index (χ2v) is 10.6. The van der Waals surface area contributed by atoms with Gasteiger partial charge < -0.3 is 24.4 Å². The van der Waals surface area contributed by atoms with Gasteiger partial charge in [-0.05, 0) is 30.3 Å². The van der Waals surface area contributed by atoms with Crippen molar-refractivity contribution in [3.63, 3.8) is 0 Å². The minimum absolute atomic E-state index is 0.0718. The van der Waals surface area contributed by atoms with Crippen LogP contribution in [0.1, 0.15) is 16.1 Å². The van der Waals surface area contributed by atoms with Gasteiger partial charge in [0.15, 0.2) is 11.3 Å². The Hall–Kier alpha value is -4.91. The number of benzene rings is 3. The van der Waals surface area contributed by atoms with Crippen molar-refractivity contribution in [2.24, 2.45) is 0 Å². The molecule has 2 N–H and O–H groups in total. The lowest BCUT2D eigenvalue weighted by atomic mass is 10.0. The maximum atomic E-state index is 13.1. The number of nitrogens with one attached hydrogen (secondary N) is 2. The number of rotatable bonds is 4. The number of amides is 1. The van der Waals surface area contributed by atoms with Gasteiger partial charge in [0.25, 0.3) is 5.91 Å². The number of nitrogens with zero attached hydrogens (tertiary/aromatic N) is 2. The highest BCUT2D eigenvalue weighted by molar-refractivity contribution is 7.26. The predicted molar refractivity (Wildman–Crippen MR) is 157 cm³/mol. The number of carbonyl (C=O) groups excluding carboxylic acids is 1. The van der Waals surface area contributed by atoms with Crippen molar-refractivity contribution < 1.29 is 13.9 Å². The monoisotopic (exact) mass is 546 g/mol. The standard InChI is InChI=1S/C31H22N4O4S/c32-16-18-13-25(33-17-18)31(37)34-19-7-8-27-24(14-19)22-5-2-4-21(30(22)40-27)20-3-1-6-23-26(36)15-28(39-29(20)23)35-9-11-38-12-10-35/h1-8,13-15,17,33H,9-12H2,(H,34,37). The second kappa shape index (κ2) is 9.68. The van der Waals surface area contributed by atoms with Crippen LogP contribution in [0.5, 0.6) is 0 Å². The molecular formula is C31H22N4O4S. The quantitative estimate of drug-likeness (QED) is 0.276. The highest BCUT2D eigenvalue weighted by atomic mass is 32.1. The molecule has 1 amide bonds. The normalized spacial score (nSPS) is 13.6. The number of fused-ring (bicyclic) bond motifs is 4. The number of hydrogen-bond acceptors (Lipinski definition) is 7. The Kier molecular flexibility index (Phi) is 5.85. The summed E-state index contributed by atoms with van der Waals surface area (Å²) in [6.07, 6.45) is 1.51. The lowest BCUT2D eigenvalue weighted by Crippen LogP contribution is -2.36. The Morgan fingerprint density at radius 2 is 1.77 bits per heavy atom. The smallest absolute Gasteiger partial charge is 0.272 e. The summed E-state index contributed by atoms with van der Waals surface area (Å²) in [7, 11) is 0. The van der Waals surface area contributed by atoms with Crippen LogP contribution in [-0.4, -0.2) is 37.2 Å². The predicted octanol–water partition coefficient (Wildman–Crippen LogP) is 6.12. The first kappa shape index (κ1) is 24.2. The fourth-order valence-electron chi connectivity index (χ4n) is 5.19. The van der Waals surface area contributed by atoms with Crippen molar-refractivity contribution >= 4 is 60.0 Å². The van der Waals surface area contributed by atoms with Gasteiger partial charge in [0.2, 0.25) is 0 Å². The molecule has 9 heteroatoms. The molecule has 7 rings (SSSR count). The number of aromatic nitrogens is 1. The number of hydrogen-bond donors (Lipinski definition) is 2. The van der Waals surface area contributed by atoms with Crippen LogP contribution in [0.25, 0.3) is 42.3 Å². The van der Waals surface area contributed by atoms with E-state index in [1.165, 1.54) is 12.3 Å². The summed E-state index contributed by atoms with van der Waals surface area (Å²) in [5.74, 6) is 0.240. The van der Waals surface area contributed by atoms with E-state index in [9.17, 15) is 9.59 Å². The molecule has 1 fully saturated rings. The van der Waals surface area contributed by atoms with Crippen molar-refractivity contribution in [2.75, 3.05) is 36.5 Å². The van der Waals surface area contributed by atoms with E-state index >= 15 is 0 Å². The van der Waals surface area contributed by atoms with Gasteiger partial charge in [-0.2, -0.15) is 5.26 Å². The van der Waals surface area contributed by atoms with Crippen LogP contribution in [0.2, 0.25) is 0 Å². The molecule has 40 heavy (non-hydrogen) atoms. The molecule has 0 spiro atoms. The number of thiophene rings is 1. The zero-order valence-corrected chi connectivity index (χ0v) is 22.0. The number of para-hydroxylation sites is 1. The van der Waals surface area contributed by atoms with Gasteiger partial charge in [-0.15, -0.1) is 11.3 Å². The van der Waals surface area contributed by atoms with Crippen LogP contribution in [-0.2, 0) is 4.74 Å². The fraction of sp³-hybridized carbons (Fsp3) is 0.129. The molecule has 8 nitrogen and oxygen atoms in total. The molecular weight excluding hydrogens is 524 g/mol. The first-order valence-corrected chi connectivity index (χ1v) is 13.7. The van der Waals surface area contributed by atoms with Crippen LogP contribution < -0.4 is 15.6 Å². The molecule has 0 bridgehead atoms. The Bertz CT molecular complexity index is 2040. The summed E-state index contributed by atoms with van der Waals surface area (Å²) in [6.45, 7) is 2.53. The summed E-state index contributed by atoms with van der Waals surface area (Å²) < 4.78 is 14.0. The van der Waals surface area contributed by atoms with Crippen LogP contribution >= 0.6 is 11.3 Å². The lowest BCUT2D eigenvalue weighted by molar-refractivity contribution is 0.102. The number of H-pyrrole nitrogens is 1. The Morgan fingerprint density at radius 1 is 0.975 bits per heavy atom. The van der Waals surface area contributed by atoms with Gasteiger partial charge in [-0.25, -0.2) is 0 Å². The maximum Gasteiger partial charge on any atom is 0.272 e. The average Bonchev–Trinajstić information content (AvgIpc) is 3.62. The number of nitriles is 1. The van der Waals surface area contributed by atoms with E-state index in [1.807, 2.05) is 47.4 Å². The largest absolute Gasteiger partial charge is 0.440 e. The molecule has 0 aliphatic carbocycles. The van der Waals surface area contributed by atoms with E-state index in [0.717, 1.165) is 31.3 Å². The second-order valence-electron chi connectivity index (χ2n) is 9.59. The molecule has 1 aliphatic heterocycles. The summed E-state index contributed by atoms with van der Waals surface area (Å²) in [5.41, 5.74) is 3.71. The zero-order valence-electron chi connectivity index (χ0n) is 21.2. The Morgan fingerprint density at radius 3 is 2.58 bits per heavy atom. The van der Waals surface area contributed by atoms with Crippen molar-refractivity contribution in [3.05, 3.63) is 94.4 Å². The fourth-order valence-corrected chi connectivity index (χ4v) is 6.40. The molecule has 0 saturated carbocycles. The third-order valence-corrected chi connectivity index (χ3v) is 8.39. The molecule has 1 aliphatic rings. The number of carbonyl (C=O) groups is 1. The van der Waals surface area contributed by atoms with Gasteiger partial charge in [-0.3, -0.25) is 9.59 Å². The van der Waals surface area contributed by atoms with Crippen molar-refractivity contribution in [3.8, 4) is 17.2 Å². The third-order valence-electron chi connectivity index (χ3n) is 7.17. The van der Waals surface area contributed by atoms with Crippen molar-refractivity contribution in [1.29, 1.82) is 5.26 Å². The van der Waals surface area contributed by atoms with Gasteiger partial charge in [0.05, 0.1) is 24.2 Å². The zero-order chi connectivity index (χ0) is 27.2. The molecule has 196 valence electrons. The highest BCUT2D eigenvalue weighted by Gasteiger charge is 2.19. The Labute approximate surface area is 232 Å². The van der Waals surface area contributed by atoms with Crippen LogP contribution in [0, 0.1) is 11.3 Å². The van der Waals surface area contributed by atoms with E-state index in [1.54, 1.807) is 23.5 Å². The lowest BCUT2D eigenvalue weighted by Gasteiger charge is -2.27. The molecule has 3 aromatic carbocycles. The Balaban J connectivity index is 1.32. The molecule has 0 radical (unpaired) electrons. The van der Waals surface area contributed by atoms with Gasteiger partial charge in [0.1, 0.15) is 17.3 Å². The molecule has 1 saturated heterocycles. The van der Waals surface area contributed by atoms with Crippen molar-refractivity contribution in [2.45, 2.75) is 0 Å². The molecule has 4 heterocycles. The summed E-state index contributed by atoms with van der Waals surface area (Å²) >= 11 is 1.66. The van der Waals surface area contributed by atoms with Crippen LogP contribution in [0.15, 0.2) is 82.1 Å². The van der Waals surface area contributed by atoms with E-state index < -0.39 is 0 Å². The van der Waals surface area contributed by atoms with Gasteiger partial charge in [-0.1, -0.05) is 30.3 Å². The van der Waals surface area contributed by atoms with Crippen LogP contribution in [0.3, 0.4) is 0 Å².